The molecule has 2 aromatic rings. The lowest BCUT2D eigenvalue weighted by molar-refractivity contribution is -0.120. The van der Waals surface area contributed by atoms with Gasteiger partial charge in [-0.1, -0.05) is 42.5 Å². The van der Waals surface area contributed by atoms with Crippen LogP contribution in [-0.2, 0) is 14.3 Å². The Bertz CT molecular complexity index is 1370. The number of methoxy groups -OCH3 is 1. The Balaban J connectivity index is 2.57. The molecule has 0 aliphatic carbocycles. The quantitative estimate of drug-likeness (QED) is 0.0939. The third kappa shape index (κ3) is 8.78. The van der Waals surface area contributed by atoms with Gasteiger partial charge in [-0.15, -0.1) is 0 Å². The molecule has 0 radical (unpaired) electrons. The fraction of sp³-hybridized carbons (Fsp3) is 0.188. The van der Waals surface area contributed by atoms with Crippen LogP contribution in [0.25, 0.3) is 5.57 Å². The predicted octanol–water partition coefficient (Wildman–Crippen LogP) is 6.44. The average Bonchev–Trinajstić information content (AvgIpc) is 2.95. The molecule has 0 saturated carbocycles. The number of ether oxygens (including phenoxy) is 1. The Morgan fingerprint density at radius 3 is 2.38 bits per heavy atom. The maximum atomic E-state index is 13.6. The van der Waals surface area contributed by atoms with E-state index in [0.717, 1.165) is 11.9 Å². The van der Waals surface area contributed by atoms with Crippen molar-refractivity contribution in [3.8, 4) is 0 Å². The number of carbonyl (C=O) groups excluding carboxylic acids is 4. The second-order valence-electron chi connectivity index (χ2n) is 8.73. The highest BCUT2D eigenvalue weighted by Gasteiger charge is 2.25. The number of hydrogen-bond donors (Lipinski definition) is 1. The number of Topliss-reactive ketones (excluding diaryl/α,β-unsaturated/α-hetero) is 1. The van der Waals surface area contributed by atoms with Gasteiger partial charge in [0.05, 0.1) is 7.11 Å². The molecule has 7 nitrogen and oxygen atoms in total. The zero-order valence-electron chi connectivity index (χ0n) is 23.0. The highest BCUT2D eigenvalue weighted by atomic mass is 35.5. The van der Waals surface area contributed by atoms with Crippen LogP contribution in [0.2, 0.25) is 5.02 Å². The second-order valence-corrected chi connectivity index (χ2v) is 9.17. The van der Waals surface area contributed by atoms with Crippen molar-refractivity contribution >= 4 is 47.1 Å². The number of nitrogens with one attached hydrogen (secondary N) is 1. The summed E-state index contributed by atoms with van der Waals surface area (Å²) in [5, 5.41) is 3.28. The lowest BCUT2D eigenvalue weighted by Crippen LogP contribution is -2.39. The zero-order chi connectivity index (χ0) is 29.7. The molecule has 0 fully saturated rings. The summed E-state index contributed by atoms with van der Waals surface area (Å²) in [6.45, 7) is 7.00. The molecule has 0 aliphatic heterocycles. The first-order chi connectivity index (χ1) is 19.2. The predicted molar refractivity (Wildman–Crippen MR) is 160 cm³/mol. The lowest BCUT2D eigenvalue weighted by atomic mass is 9.95. The standard InChI is InChI=1S/C32H33ClN2O5/c1-6-8-9-23(7-2)18-30(32(39)34-26-13-10-24(21-37)11-14-26)35(4)20-31(40-5)28(16-17-36)29-19-25(33)12-15-27(29)22(3)38/h6-17,19-21,30H,1,18H2,2-5H3,(H,34,39)/b9-8-,23-7+,28-16-,31-20+. The second kappa shape index (κ2) is 15.8. The Morgan fingerprint density at radius 2 is 1.82 bits per heavy atom. The number of halogens is 1. The van der Waals surface area contributed by atoms with Gasteiger partial charge < -0.3 is 15.0 Å². The molecule has 2 rings (SSSR count). The van der Waals surface area contributed by atoms with Gasteiger partial charge in [0.25, 0.3) is 0 Å². The van der Waals surface area contributed by atoms with E-state index in [2.05, 4.69) is 11.9 Å². The Kier molecular flexibility index (Phi) is 12.5. The molecule has 1 unspecified atom stereocenters. The number of aldehydes is 2. The first-order valence-electron chi connectivity index (χ1n) is 12.4. The van der Waals surface area contributed by atoms with Crippen molar-refractivity contribution in [3.05, 3.63) is 119 Å². The smallest absolute Gasteiger partial charge is 0.247 e. The normalized spacial score (nSPS) is 13.0. The first-order valence-corrected chi connectivity index (χ1v) is 12.8. The minimum Gasteiger partial charge on any atom is -0.495 e. The number of nitrogens with zero attached hydrogens (tertiary/aromatic N) is 1. The van der Waals surface area contributed by atoms with E-state index in [4.69, 9.17) is 16.3 Å². The van der Waals surface area contributed by atoms with Crippen LogP contribution in [0.3, 0.4) is 0 Å². The summed E-state index contributed by atoms with van der Waals surface area (Å²) in [5.41, 5.74) is 3.02. The van der Waals surface area contributed by atoms with Gasteiger partial charge in [0.15, 0.2) is 5.78 Å². The van der Waals surface area contributed by atoms with Gasteiger partial charge in [0.1, 0.15) is 24.4 Å². The molecular formula is C32H33ClN2O5. The van der Waals surface area contributed by atoms with Crippen molar-refractivity contribution in [2.24, 2.45) is 0 Å². The largest absolute Gasteiger partial charge is 0.495 e. The average molecular weight is 561 g/mol. The van der Waals surface area contributed by atoms with Crippen LogP contribution in [0.1, 0.15) is 46.5 Å². The third-order valence-electron chi connectivity index (χ3n) is 6.05. The maximum absolute atomic E-state index is 13.6. The fourth-order valence-corrected chi connectivity index (χ4v) is 4.09. The third-order valence-corrected chi connectivity index (χ3v) is 6.28. The van der Waals surface area contributed by atoms with Gasteiger partial charge in [-0.05, 0) is 73.5 Å². The molecule has 2 aromatic carbocycles. The van der Waals surface area contributed by atoms with Crippen molar-refractivity contribution in [1.29, 1.82) is 0 Å². The van der Waals surface area contributed by atoms with Crippen molar-refractivity contribution in [2.45, 2.75) is 26.3 Å². The molecule has 0 saturated heterocycles. The van der Waals surface area contributed by atoms with E-state index in [1.54, 1.807) is 72.8 Å². The van der Waals surface area contributed by atoms with Crippen molar-refractivity contribution in [2.75, 3.05) is 19.5 Å². The van der Waals surface area contributed by atoms with Crippen molar-refractivity contribution in [3.63, 3.8) is 0 Å². The number of rotatable bonds is 14. The van der Waals surface area contributed by atoms with E-state index in [-0.39, 0.29) is 17.4 Å². The Morgan fingerprint density at radius 1 is 1.12 bits per heavy atom. The van der Waals surface area contributed by atoms with Gasteiger partial charge in [0, 0.05) is 47.1 Å². The molecule has 1 N–H and O–H groups in total. The number of benzene rings is 2. The van der Waals surface area contributed by atoms with Crippen LogP contribution < -0.4 is 5.32 Å². The highest BCUT2D eigenvalue weighted by Crippen LogP contribution is 2.30. The van der Waals surface area contributed by atoms with E-state index < -0.39 is 6.04 Å². The molecule has 0 heterocycles. The SMILES string of the molecule is C=C/C=C\C(=C/C)CC(C(=O)Nc1ccc(C=O)cc1)N(C)/C=C(OC)\C(=C/C=O)c1cc(Cl)ccc1C(C)=O. The van der Waals surface area contributed by atoms with Crippen LogP contribution in [0.4, 0.5) is 5.69 Å². The lowest BCUT2D eigenvalue weighted by Gasteiger charge is -2.28. The van der Waals surface area contributed by atoms with Gasteiger partial charge in [-0.3, -0.25) is 19.2 Å². The van der Waals surface area contributed by atoms with Gasteiger partial charge in [0.2, 0.25) is 5.91 Å². The number of allylic oxidation sites excluding steroid dienone is 6. The summed E-state index contributed by atoms with van der Waals surface area (Å²) in [5.74, 6) is -0.277. The van der Waals surface area contributed by atoms with Gasteiger partial charge in [-0.2, -0.15) is 0 Å². The first kappa shape index (κ1) is 31.7. The maximum Gasteiger partial charge on any atom is 0.247 e. The summed E-state index contributed by atoms with van der Waals surface area (Å²) in [7, 11) is 3.15. The summed E-state index contributed by atoms with van der Waals surface area (Å²) >= 11 is 6.23. The van der Waals surface area contributed by atoms with E-state index in [0.29, 0.717) is 45.7 Å². The van der Waals surface area contributed by atoms with E-state index in [1.807, 2.05) is 19.1 Å². The van der Waals surface area contributed by atoms with Gasteiger partial charge in [-0.25, -0.2) is 0 Å². The number of carbonyl (C=O) groups is 4. The van der Waals surface area contributed by atoms with E-state index in [1.165, 1.54) is 20.1 Å². The van der Waals surface area contributed by atoms with Crippen molar-refractivity contribution in [1.82, 2.24) is 4.90 Å². The molecule has 0 bridgehead atoms. The molecule has 1 atom stereocenters. The number of amides is 1. The topological polar surface area (TPSA) is 92.8 Å². The number of likely N-dealkylation sites (N-methyl/N-ethyl adjacent to an activating group) is 1. The fourth-order valence-electron chi connectivity index (χ4n) is 3.92. The van der Waals surface area contributed by atoms with Crippen LogP contribution in [0.15, 0.2) is 97.0 Å². The minimum atomic E-state index is -0.722. The van der Waals surface area contributed by atoms with Gasteiger partial charge >= 0.3 is 0 Å². The van der Waals surface area contributed by atoms with Crippen LogP contribution >= 0.6 is 11.6 Å². The number of hydrogen-bond acceptors (Lipinski definition) is 6. The molecule has 0 spiro atoms. The van der Waals surface area contributed by atoms with Crippen LogP contribution in [0, 0.1) is 0 Å². The summed E-state index contributed by atoms with van der Waals surface area (Å²) in [6.07, 6.45) is 11.7. The Hall–Kier alpha value is -4.49. The Labute approximate surface area is 240 Å². The molecule has 1 amide bonds. The number of ketones is 1. The summed E-state index contributed by atoms with van der Waals surface area (Å²) < 4.78 is 5.67. The van der Waals surface area contributed by atoms with Crippen LogP contribution in [0.5, 0.6) is 0 Å². The summed E-state index contributed by atoms with van der Waals surface area (Å²) in [4.78, 5) is 50.2. The molecular weight excluding hydrogens is 528 g/mol. The van der Waals surface area contributed by atoms with E-state index in [9.17, 15) is 19.2 Å². The molecule has 8 heteroatoms. The molecule has 40 heavy (non-hydrogen) atoms. The monoisotopic (exact) mass is 560 g/mol. The summed E-state index contributed by atoms with van der Waals surface area (Å²) in [6, 6.07) is 10.6. The minimum absolute atomic E-state index is 0.211. The van der Waals surface area contributed by atoms with Crippen molar-refractivity contribution < 1.29 is 23.9 Å². The molecule has 208 valence electrons. The van der Waals surface area contributed by atoms with Crippen LogP contribution in [-0.4, -0.2) is 49.4 Å². The number of anilines is 1. The molecule has 0 aliphatic rings. The van der Waals surface area contributed by atoms with E-state index >= 15 is 0 Å². The molecule has 0 aromatic heterocycles. The zero-order valence-corrected chi connectivity index (χ0v) is 23.8. The highest BCUT2D eigenvalue weighted by molar-refractivity contribution is 6.31.